The monoisotopic (exact) mass is 514 g/mol. The zero-order chi connectivity index (χ0) is 26.8. The molecule has 9 heteroatoms. The maximum Gasteiger partial charge on any atom is 0.233 e. The summed E-state index contributed by atoms with van der Waals surface area (Å²) in [5.41, 5.74) is 2.65. The van der Waals surface area contributed by atoms with Gasteiger partial charge < -0.3 is 26.2 Å². The summed E-state index contributed by atoms with van der Waals surface area (Å²) in [5, 5.41) is 33.2. The average molecular weight is 515 g/mol. The number of benzene rings is 5. The number of rotatable bonds is 7. The molecule has 6 aromatic rings. The Balaban J connectivity index is 1.41. The molecule has 39 heavy (non-hydrogen) atoms. The zero-order valence-electron chi connectivity index (χ0n) is 20.5. The van der Waals surface area contributed by atoms with Gasteiger partial charge in [0.2, 0.25) is 17.8 Å². The second-order valence-electron chi connectivity index (χ2n) is 8.78. The number of aromatic hydroxyl groups is 2. The summed E-state index contributed by atoms with van der Waals surface area (Å²) in [4.78, 5) is 24.8. The van der Waals surface area contributed by atoms with Gasteiger partial charge in [0.05, 0.1) is 0 Å². The largest absolute Gasteiger partial charge is 0.507 e. The molecule has 0 saturated heterocycles. The molecule has 5 aromatic carbocycles. The van der Waals surface area contributed by atoms with Crippen LogP contribution in [0.5, 0.6) is 11.5 Å². The van der Waals surface area contributed by atoms with E-state index < -0.39 is 0 Å². The van der Waals surface area contributed by atoms with Crippen LogP contribution in [0.15, 0.2) is 97.1 Å². The van der Waals surface area contributed by atoms with Crippen molar-refractivity contribution >= 4 is 62.7 Å². The molecule has 0 spiro atoms. The highest BCUT2D eigenvalue weighted by atomic mass is 16.3. The van der Waals surface area contributed by atoms with Crippen LogP contribution >= 0.6 is 0 Å². The van der Waals surface area contributed by atoms with Crippen molar-refractivity contribution in [2.75, 3.05) is 16.0 Å². The highest BCUT2D eigenvalue weighted by Crippen LogP contribution is 2.34. The van der Waals surface area contributed by atoms with E-state index in [1.807, 2.05) is 48.5 Å². The van der Waals surface area contributed by atoms with Gasteiger partial charge in [0.25, 0.3) is 0 Å². The fraction of sp³-hybridized carbons (Fsp3) is 0. The molecule has 0 atom stereocenters. The third-order valence-electron chi connectivity index (χ3n) is 6.23. The van der Waals surface area contributed by atoms with Crippen molar-refractivity contribution in [3.63, 3.8) is 0 Å². The van der Waals surface area contributed by atoms with Crippen LogP contribution in [0.3, 0.4) is 0 Å². The van der Waals surface area contributed by atoms with Crippen molar-refractivity contribution in [2.45, 2.75) is 0 Å². The first-order chi connectivity index (χ1) is 19.1. The third kappa shape index (κ3) is 4.84. The Kier molecular flexibility index (Phi) is 6.06. The molecule has 190 valence electrons. The van der Waals surface area contributed by atoms with Crippen LogP contribution in [-0.4, -0.2) is 31.5 Å². The van der Waals surface area contributed by atoms with E-state index in [4.69, 9.17) is 0 Å². The molecule has 0 radical (unpaired) electrons. The molecule has 0 fully saturated rings. The molecule has 1 heterocycles. The third-order valence-corrected chi connectivity index (χ3v) is 6.23. The number of hydrogen-bond acceptors (Lipinski definition) is 9. The molecule has 6 rings (SSSR count). The highest BCUT2D eigenvalue weighted by molar-refractivity contribution is 5.99. The number of aromatic nitrogens is 3. The van der Waals surface area contributed by atoms with Crippen molar-refractivity contribution in [3.8, 4) is 11.5 Å². The highest BCUT2D eigenvalue weighted by Gasteiger charge is 2.13. The first-order valence-electron chi connectivity index (χ1n) is 12.1. The van der Waals surface area contributed by atoms with Crippen LogP contribution in [-0.2, 0) is 0 Å². The number of phenols is 2. The van der Waals surface area contributed by atoms with E-state index in [-0.39, 0.29) is 29.3 Å². The number of carbonyl (C=O) groups excluding carboxylic acids is 1. The molecule has 0 aliphatic heterocycles. The lowest BCUT2D eigenvalue weighted by atomic mass is 10.1. The topological polar surface area (TPSA) is 132 Å². The van der Waals surface area contributed by atoms with E-state index in [0.29, 0.717) is 33.4 Å². The van der Waals surface area contributed by atoms with Crippen LogP contribution in [0.2, 0.25) is 0 Å². The number of aldehydes is 1. The van der Waals surface area contributed by atoms with E-state index >= 15 is 0 Å². The molecule has 0 saturated carbocycles. The number of anilines is 6. The van der Waals surface area contributed by atoms with Crippen LogP contribution in [0.25, 0.3) is 21.5 Å². The van der Waals surface area contributed by atoms with E-state index in [2.05, 4.69) is 30.9 Å². The molecule has 0 aliphatic carbocycles. The normalized spacial score (nSPS) is 10.9. The fourth-order valence-corrected chi connectivity index (χ4v) is 4.34. The Bertz CT molecular complexity index is 1730. The second-order valence-corrected chi connectivity index (χ2v) is 8.78. The number of fused-ring (bicyclic) bond motifs is 2. The number of phenolic OH excluding ortho intramolecular Hbond substituents is 2. The Morgan fingerprint density at radius 2 is 0.949 bits per heavy atom. The summed E-state index contributed by atoms with van der Waals surface area (Å²) in [5.74, 6) is 1.14. The molecule has 0 bridgehead atoms. The SMILES string of the molecule is O=Cc1ccc(Nc2nc(Nc3ccc(O)c4ccccc34)nc(Nc3ccc(O)c4ccccc34)n2)cc1. The van der Waals surface area contributed by atoms with Gasteiger partial charge in [-0.25, -0.2) is 0 Å². The van der Waals surface area contributed by atoms with Gasteiger partial charge in [0.15, 0.2) is 0 Å². The van der Waals surface area contributed by atoms with E-state index in [1.54, 1.807) is 48.5 Å². The molecule has 0 unspecified atom stereocenters. The van der Waals surface area contributed by atoms with Crippen molar-refractivity contribution in [2.24, 2.45) is 0 Å². The predicted molar refractivity (Wildman–Crippen MR) is 153 cm³/mol. The van der Waals surface area contributed by atoms with E-state index in [0.717, 1.165) is 17.1 Å². The zero-order valence-corrected chi connectivity index (χ0v) is 20.5. The van der Waals surface area contributed by atoms with Crippen LogP contribution < -0.4 is 16.0 Å². The van der Waals surface area contributed by atoms with Crippen molar-refractivity contribution in [1.29, 1.82) is 0 Å². The molecular formula is C30H22N6O3. The quantitative estimate of drug-likeness (QED) is 0.118. The number of nitrogens with one attached hydrogen (secondary N) is 3. The summed E-state index contributed by atoms with van der Waals surface area (Å²) >= 11 is 0. The van der Waals surface area contributed by atoms with Crippen molar-refractivity contribution in [1.82, 2.24) is 15.0 Å². The van der Waals surface area contributed by atoms with Crippen LogP contribution in [0.1, 0.15) is 10.4 Å². The fourth-order valence-electron chi connectivity index (χ4n) is 4.34. The number of carbonyl (C=O) groups is 1. The average Bonchev–Trinajstić information content (AvgIpc) is 2.97. The molecule has 9 nitrogen and oxygen atoms in total. The van der Waals surface area contributed by atoms with Crippen molar-refractivity contribution < 1.29 is 15.0 Å². The molecular weight excluding hydrogens is 492 g/mol. The molecule has 0 amide bonds. The summed E-state index contributed by atoms with van der Waals surface area (Å²) < 4.78 is 0. The van der Waals surface area contributed by atoms with Gasteiger partial charge in [-0.3, -0.25) is 4.79 Å². The first-order valence-corrected chi connectivity index (χ1v) is 12.1. The first kappa shape index (κ1) is 23.7. The van der Waals surface area contributed by atoms with Crippen LogP contribution in [0.4, 0.5) is 34.9 Å². The maximum atomic E-state index is 11.0. The number of nitrogens with zero attached hydrogens (tertiary/aromatic N) is 3. The van der Waals surface area contributed by atoms with Gasteiger partial charge in [0, 0.05) is 44.2 Å². The van der Waals surface area contributed by atoms with Gasteiger partial charge in [0.1, 0.15) is 17.8 Å². The maximum absolute atomic E-state index is 11.0. The van der Waals surface area contributed by atoms with Gasteiger partial charge >= 0.3 is 0 Å². The smallest absolute Gasteiger partial charge is 0.233 e. The lowest BCUT2D eigenvalue weighted by Gasteiger charge is -2.14. The molecule has 1 aromatic heterocycles. The predicted octanol–water partition coefficient (Wildman–Crippen LogP) is 6.63. The summed E-state index contributed by atoms with van der Waals surface area (Å²) in [6, 6.07) is 28.6. The van der Waals surface area contributed by atoms with Gasteiger partial charge in [-0.05, 0) is 48.5 Å². The Labute approximate surface area is 222 Å². The minimum atomic E-state index is 0.175. The second kappa shape index (κ2) is 9.98. The minimum Gasteiger partial charge on any atom is -0.507 e. The van der Waals surface area contributed by atoms with Gasteiger partial charge in [-0.15, -0.1) is 0 Å². The minimum absolute atomic E-state index is 0.175. The molecule has 5 N–H and O–H groups in total. The van der Waals surface area contributed by atoms with Gasteiger partial charge in [-0.2, -0.15) is 15.0 Å². The lowest BCUT2D eigenvalue weighted by Crippen LogP contribution is -2.07. The summed E-state index contributed by atoms with van der Waals surface area (Å²) in [6.45, 7) is 0. The lowest BCUT2D eigenvalue weighted by molar-refractivity contribution is 0.112. The Hall–Kier alpha value is -5.70. The summed E-state index contributed by atoms with van der Waals surface area (Å²) in [6.07, 6.45) is 0.778. The van der Waals surface area contributed by atoms with E-state index in [9.17, 15) is 15.0 Å². The van der Waals surface area contributed by atoms with E-state index in [1.165, 1.54) is 0 Å². The Morgan fingerprint density at radius 3 is 1.41 bits per heavy atom. The standard InChI is InChI=1S/C30H22N6O3/c37-17-18-9-11-19(12-10-18)31-28-34-29(32-24-13-15-26(38)22-7-3-1-5-20(22)24)36-30(35-28)33-25-14-16-27(39)23-8-4-2-6-21(23)25/h1-17,38-39H,(H3,31,32,33,34,35,36). The number of hydrogen-bond donors (Lipinski definition) is 5. The molecule has 0 aliphatic rings. The van der Waals surface area contributed by atoms with Gasteiger partial charge in [-0.1, -0.05) is 48.5 Å². The van der Waals surface area contributed by atoms with Crippen LogP contribution in [0, 0.1) is 0 Å². The summed E-state index contributed by atoms with van der Waals surface area (Å²) in [7, 11) is 0. The Morgan fingerprint density at radius 1 is 0.513 bits per heavy atom. The van der Waals surface area contributed by atoms with Crippen molar-refractivity contribution in [3.05, 3.63) is 103 Å².